The molecule has 2 rings (SSSR count). The van der Waals surface area contributed by atoms with Crippen molar-refractivity contribution in [2.24, 2.45) is 0 Å². The van der Waals surface area contributed by atoms with Crippen LogP contribution in [0.25, 0.3) is 5.69 Å². The van der Waals surface area contributed by atoms with Crippen molar-refractivity contribution >= 4 is 44.9 Å². The fraction of sp³-hybridized carbons (Fsp3) is 0.200. The van der Waals surface area contributed by atoms with Crippen molar-refractivity contribution < 1.29 is 0 Å². The number of hydrogen-bond acceptors (Lipinski definition) is 3. The standard InChI is InChI=1S/C10H9BrCl2N4/c1-2-8-10(14)15-16-17(8)9-6(12)3-5(11)4-7(9)13/h3-4H,2,14H2,1H3. The maximum Gasteiger partial charge on any atom is 0.169 e. The van der Waals surface area contributed by atoms with Gasteiger partial charge in [-0.25, -0.2) is 4.68 Å². The molecule has 0 radical (unpaired) electrons. The highest BCUT2D eigenvalue weighted by Gasteiger charge is 2.16. The Labute approximate surface area is 117 Å². The molecule has 0 aliphatic carbocycles. The number of aromatic nitrogens is 3. The molecule has 90 valence electrons. The number of nitrogens with two attached hydrogens (primary N) is 1. The van der Waals surface area contributed by atoms with Gasteiger partial charge in [-0.05, 0) is 18.6 Å². The lowest BCUT2D eigenvalue weighted by atomic mass is 10.3. The molecule has 4 nitrogen and oxygen atoms in total. The van der Waals surface area contributed by atoms with Crippen molar-refractivity contribution in [2.75, 3.05) is 5.73 Å². The molecule has 0 atom stereocenters. The van der Waals surface area contributed by atoms with Crippen LogP contribution in [0.3, 0.4) is 0 Å². The zero-order chi connectivity index (χ0) is 12.6. The van der Waals surface area contributed by atoms with Crippen LogP contribution < -0.4 is 5.73 Å². The van der Waals surface area contributed by atoms with Gasteiger partial charge < -0.3 is 5.73 Å². The molecule has 7 heteroatoms. The first-order valence-electron chi connectivity index (χ1n) is 4.89. The van der Waals surface area contributed by atoms with Gasteiger partial charge in [-0.2, -0.15) is 0 Å². The third kappa shape index (κ3) is 2.27. The lowest BCUT2D eigenvalue weighted by Crippen LogP contribution is -2.04. The maximum atomic E-state index is 6.16. The van der Waals surface area contributed by atoms with Crippen LogP contribution in [0, 0.1) is 0 Å². The second-order valence-electron chi connectivity index (χ2n) is 3.40. The molecule has 2 aromatic rings. The minimum atomic E-state index is 0.391. The lowest BCUT2D eigenvalue weighted by Gasteiger charge is -2.09. The van der Waals surface area contributed by atoms with Gasteiger partial charge >= 0.3 is 0 Å². The second kappa shape index (κ2) is 4.84. The van der Waals surface area contributed by atoms with E-state index in [-0.39, 0.29) is 0 Å². The van der Waals surface area contributed by atoms with E-state index in [1.165, 1.54) is 0 Å². The fourth-order valence-corrected chi connectivity index (χ4v) is 2.93. The van der Waals surface area contributed by atoms with Gasteiger partial charge in [0, 0.05) is 4.47 Å². The molecule has 0 amide bonds. The van der Waals surface area contributed by atoms with E-state index in [1.54, 1.807) is 16.8 Å². The van der Waals surface area contributed by atoms with Gasteiger partial charge in [-0.15, -0.1) is 5.10 Å². The quantitative estimate of drug-likeness (QED) is 0.914. The predicted molar refractivity (Wildman–Crippen MR) is 72.9 cm³/mol. The van der Waals surface area contributed by atoms with Gasteiger partial charge in [-0.3, -0.25) is 0 Å². The summed E-state index contributed by atoms with van der Waals surface area (Å²) in [6, 6.07) is 3.50. The van der Waals surface area contributed by atoms with E-state index in [0.717, 1.165) is 10.2 Å². The van der Waals surface area contributed by atoms with Crippen LogP contribution in [0.1, 0.15) is 12.6 Å². The Morgan fingerprint density at radius 2 is 1.94 bits per heavy atom. The smallest absolute Gasteiger partial charge is 0.169 e. The van der Waals surface area contributed by atoms with E-state index in [1.807, 2.05) is 6.92 Å². The molecule has 0 aliphatic heterocycles. The highest BCUT2D eigenvalue weighted by atomic mass is 79.9. The summed E-state index contributed by atoms with van der Waals surface area (Å²) >= 11 is 15.6. The van der Waals surface area contributed by atoms with Gasteiger partial charge in [-0.1, -0.05) is 51.3 Å². The minimum Gasteiger partial charge on any atom is -0.381 e. The predicted octanol–water partition coefficient (Wildman–Crippen LogP) is 3.48. The number of rotatable bonds is 2. The molecule has 1 aromatic carbocycles. The molecule has 0 bridgehead atoms. The molecular formula is C10H9BrCl2N4. The van der Waals surface area contributed by atoms with Crippen molar-refractivity contribution in [2.45, 2.75) is 13.3 Å². The van der Waals surface area contributed by atoms with Crippen LogP contribution in [0.5, 0.6) is 0 Å². The number of nitrogens with zero attached hydrogens (tertiary/aromatic N) is 3. The monoisotopic (exact) mass is 334 g/mol. The average Bonchev–Trinajstić information content (AvgIpc) is 2.58. The zero-order valence-electron chi connectivity index (χ0n) is 8.91. The fourth-order valence-electron chi connectivity index (χ4n) is 1.56. The Kier molecular flexibility index (Phi) is 3.61. The Balaban J connectivity index is 2.68. The summed E-state index contributed by atoms with van der Waals surface area (Å²) in [5, 5.41) is 8.78. The van der Waals surface area contributed by atoms with Gasteiger partial charge in [0.25, 0.3) is 0 Å². The Morgan fingerprint density at radius 1 is 1.35 bits per heavy atom. The van der Waals surface area contributed by atoms with Gasteiger partial charge in [0.2, 0.25) is 0 Å². The molecule has 0 saturated carbocycles. The Morgan fingerprint density at radius 3 is 2.47 bits per heavy atom. The summed E-state index contributed by atoms with van der Waals surface area (Å²) in [5.74, 6) is 0.391. The topological polar surface area (TPSA) is 56.7 Å². The number of halogens is 3. The summed E-state index contributed by atoms with van der Waals surface area (Å²) in [6.45, 7) is 1.96. The second-order valence-corrected chi connectivity index (χ2v) is 5.13. The Hall–Kier alpha value is -0.780. The van der Waals surface area contributed by atoms with Gasteiger partial charge in [0.1, 0.15) is 5.69 Å². The zero-order valence-corrected chi connectivity index (χ0v) is 12.0. The van der Waals surface area contributed by atoms with Crippen molar-refractivity contribution in [3.63, 3.8) is 0 Å². The van der Waals surface area contributed by atoms with Crippen LogP contribution in [0.15, 0.2) is 16.6 Å². The Bertz CT molecular complexity index is 544. The lowest BCUT2D eigenvalue weighted by molar-refractivity contribution is 0.767. The molecule has 2 N–H and O–H groups in total. The molecule has 0 saturated heterocycles. The number of hydrogen-bond donors (Lipinski definition) is 1. The van der Waals surface area contributed by atoms with E-state index >= 15 is 0 Å². The molecule has 1 heterocycles. The first kappa shape index (κ1) is 12.7. The summed E-state index contributed by atoms with van der Waals surface area (Å²) in [6.07, 6.45) is 0.696. The third-order valence-corrected chi connectivity index (χ3v) is 3.36. The molecule has 0 spiro atoms. The van der Waals surface area contributed by atoms with Gasteiger partial charge in [0.15, 0.2) is 5.82 Å². The molecule has 0 unspecified atom stereocenters. The van der Waals surface area contributed by atoms with Gasteiger partial charge in [0.05, 0.1) is 15.7 Å². The van der Waals surface area contributed by atoms with Crippen LogP contribution in [0.4, 0.5) is 5.82 Å². The average molecular weight is 336 g/mol. The van der Waals surface area contributed by atoms with Crippen molar-refractivity contribution in [1.29, 1.82) is 0 Å². The van der Waals surface area contributed by atoms with Crippen LogP contribution in [-0.4, -0.2) is 15.0 Å². The van der Waals surface area contributed by atoms with Crippen molar-refractivity contribution in [1.82, 2.24) is 15.0 Å². The first-order chi connectivity index (χ1) is 8.04. The molecule has 17 heavy (non-hydrogen) atoms. The van der Waals surface area contributed by atoms with E-state index in [4.69, 9.17) is 28.9 Å². The normalized spacial score (nSPS) is 10.8. The summed E-state index contributed by atoms with van der Waals surface area (Å²) < 4.78 is 2.38. The highest BCUT2D eigenvalue weighted by molar-refractivity contribution is 9.10. The first-order valence-corrected chi connectivity index (χ1v) is 6.44. The third-order valence-electron chi connectivity index (χ3n) is 2.32. The summed E-state index contributed by atoms with van der Waals surface area (Å²) in [4.78, 5) is 0. The molecule has 0 fully saturated rings. The van der Waals surface area contributed by atoms with E-state index in [0.29, 0.717) is 28.0 Å². The largest absolute Gasteiger partial charge is 0.381 e. The molecular weight excluding hydrogens is 327 g/mol. The molecule has 1 aromatic heterocycles. The van der Waals surface area contributed by atoms with E-state index in [2.05, 4.69) is 26.2 Å². The van der Waals surface area contributed by atoms with E-state index < -0.39 is 0 Å². The SMILES string of the molecule is CCc1c(N)nnn1-c1c(Cl)cc(Br)cc1Cl. The van der Waals surface area contributed by atoms with Crippen molar-refractivity contribution in [3.8, 4) is 5.69 Å². The number of benzene rings is 1. The number of anilines is 1. The van der Waals surface area contributed by atoms with Crippen molar-refractivity contribution in [3.05, 3.63) is 32.3 Å². The van der Waals surface area contributed by atoms with E-state index in [9.17, 15) is 0 Å². The van der Waals surface area contributed by atoms with Crippen LogP contribution in [0.2, 0.25) is 10.0 Å². The molecule has 0 aliphatic rings. The highest BCUT2D eigenvalue weighted by Crippen LogP contribution is 2.33. The maximum absolute atomic E-state index is 6.16. The number of nitrogen functional groups attached to an aromatic ring is 1. The van der Waals surface area contributed by atoms with Crippen LogP contribution in [-0.2, 0) is 6.42 Å². The van der Waals surface area contributed by atoms with Crippen LogP contribution >= 0.6 is 39.1 Å². The minimum absolute atomic E-state index is 0.391. The summed E-state index contributed by atoms with van der Waals surface area (Å²) in [7, 11) is 0. The summed E-state index contributed by atoms with van der Waals surface area (Å²) in [5.41, 5.74) is 7.11.